The number of aromatic hydroxyl groups is 4. The number of anilines is 2. The van der Waals surface area contributed by atoms with Crippen LogP contribution in [0.1, 0.15) is 62.4 Å². The number of hydrogen-bond donors (Lipinski definition) is 6. The average Bonchev–Trinajstić information content (AvgIpc) is 1.78. The van der Waals surface area contributed by atoms with Crippen LogP contribution >= 0.6 is 91.5 Å². The lowest BCUT2D eigenvalue weighted by atomic mass is 9.96. The van der Waals surface area contributed by atoms with Gasteiger partial charge in [-0.1, -0.05) is 95.5 Å². The Bertz CT molecular complexity index is 5000. The number of fused-ring (bicyclic) bond motifs is 3. The Labute approximate surface area is 583 Å². The van der Waals surface area contributed by atoms with Gasteiger partial charge in [-0.2, -0.15) is 4.98 Å². The number of ketones is 3. The molecule has 6 aromatic heterocycles. The molecule has 96 heavy (non-hydrogen) atoms. The molecule has 8 N–H and O–H groups in total. The highest BCUT2D eigenvalue weighted by Crippen LogP contribution is 2.46. The van der Waals surface area contributed by atoms with Crippen LogP contribution in [-0.4, -0.2) is 52.7 Å². The summed E-state index contributed by atoms with van der Waals surface area (Å²) in [6.07, 6.45) is 1.40. The van der Waals surface area contributed by atoms with Crippen molar-refractivity contribution in [3.8, 4) is 89.1 Å². The number of phenols is 3. The summed E-state index contributed by atoms with van der Waals surface area (Å²) in [6.45, 7) is 5.62. The number of nitrogen functional groups attached to an aromatic ring is 2. The summed E-state index contributed by atoms with van der Waals surface area (Å²) in [5.41, 5.74) is 23.5. The molecule has 0 aliphatic rings. The molecule has 21 heteroatoms. The van der Waals surface area contributed by atoms with Crippen molar-refractivity contribution >= 4 is 151 Å². The summed E-state index contributed by atoms with van der Waals surface area (Å²) < 4.78 is 7.90. The molecule has 15 rings (SSSR count). The molecule has 0 aliphatic carbocycles. The Morgan fingerprint density at radius 2 is 0.740 bits per heavy atom. The first-order valence-corrected chi connectivity index (χ1v) is 34.6. The lowest BCUT2D eigenvalue weighted by Gasteiger charge is -2.08. The molecule has 0 spiro atoms. The maximum atomic E-state index is 13.6. The Kier molecular flexibility index (Phi) is 18.2. The van der Waals surface area contributed by atoms with E-state index in [1.54, 1.807) is 96.4 Å². The van der Waals surface area contributed by atoms with E-state index in [2.05, 4.69) is 15.0 Å². The van der Waals surface area contributed by atoms with Crippen molar-refractivity contribution in [3.05, 3.63) is 262 Å². The van der Waals surface area contributed by atoms with Gasteiger partial charge in [-0.3, -0.25) is 14.4 Å². The predicted octanol–water partition coefficient (Wildman–Crippen LogP) is 21.2. The average molecular weight is 1420 g/mol. The molecule has 6 heterocycles. The molecule has 0 amide bonds. The molecule has 0 aliphatic heterocycles. The van der Waals surface area contributed by atoms with Crippen LogP contribution in [0, 0.1) is 20.8 Å². The second-order valence-electron chi connectivity index (χ2n) is 22.2. The highest BCUT2D eigenvalue weighted by Gasteiger charge is 2.27. The second kappa shape index (κ2) is 27.0. The monoisotopic (exact) mass is 1410 g/mol. The van der Waals surface area contributed by atoms with E-state index in [1.807, 2.05) is 117 Å². The van der Waals surface area contributed by atoms with Gasteiger partial charge < -0.3 is 36.3 Å². The van der Waals surface area contributed by atoms with E-state index < -0.39 is 0 Å². The molecule has 15 aromatic rings. The van der Waals surface area contributed by atoms with Gasteiger partial charge in [0.1, 0.15) is 39.3 Å². The van der Waals surface area contributed by atoms with Crippen molar-refractivity contribution in [1.82, 2.24) is 15.0 Å². The molecule has 0 saturated heterocycles. The topological polar surface area (TPSA) is 236 Å². The zero-order valence-corrected chi connectivity index (χ0v) is 57.0. The second-order valence-corrected chi connectivity index (χ2v) is 28.4. The lowest BCUT2D eigenvalue weighted by molar-refractivity contribution is 0.103. The first-order chi connectivity index (χ1) is 46.2. The number of thiophene rings is 3. The summed E-state index contributed by atoms with van der Waals surface area (Å²) >= 11 is 25.2. The number of hydrogen-bond acceptors (Lipinski definition) is 18. The SMILES string of the molecule is Cc1cc(Cl)ccc1C(=O)c1sc2cc(O)ccc2c1-c1ccc(-c2nc(N)co2)cc1.Cc1cc(Cl)ccc1C(=O)c1sc2cc(O)ccc2c1-c1ccc(-c2nc(N)cs2)cc1.Cc1cc(Cl)ccc1C(=O)c1sc2cc(O)ccc2c1-c1ccc(-c2nc(O)cs2)cc1. The molecule has 474 valence electrons. The summed E-state index contributed by atoms with van der Waals surface area (Å²) in [5.74, 6) is 1.52. The number of nitrogens with two attached hydrogens (primary N) is 2. The Morgan fingerprint density at radius 3 is 1.05 bits per heavy atom. The van der Waals surface area contributed by atoms with E-state index >= 15 is 0 Å². The third-order valence-corrected chi connectivity index (χ3v) is 21.7. The summed E-state index contributed by atoms with van der Waals surface area (Å²) in [4.78, 5) is 55.2. The fourth-order valence-electron chi connectivity index (χ4n) is 11.2. The summed E-state index contributed by atoms with van der Waals surface area (Å²) in [7, 11) is 0. The van der Waals surface area contributed by atoms with Gasteiger partial charge in [-0.25, -0.2) is 9.97 Å². The van der Waals surface area contributed by atoms with Gasteiger partial charge in [-0.15, -0.1) is 56.7 Å². The molecule has 0 bridgehead atoms. The van der Waals surface area contributed by atoms with Crippen molar-refractivity contribution in [2.45, 2.75) is 20.8 Å². The summed E-state index contributed by atoms with van der Waals surface area (Å²) in [6, 6.07) is 54.6. The number of halogens is 3. The van der Waals surface area contributed by atoms with Crippen molar-refractivity contribution in [1.29, 1.82) is 0 Å². The quantitative estimate of drug-likeness (QED) is 0.0625. The third-order valence-electron chi connectivity index (χ3n) is 15.7. The minimum absolute atomic E-state index is 0.00364. The van der Waals surface area contributed by atoms with Crippen molar-refractivity contribution < 1.29 is 39.2 Å². The first-order valence-electron chi connectivity index (χ1n) is 29.3. The van der Waals surface area contributed by atoms with Gasteiger partial charge in [0.25, 0.3) is 0 Å². The highest BCUT2D eigenvalue weighted by atomic mass is 35.5. The van der Waals surface area contributed by atoms with Gasteiger partial charge in [0, 0.05) is 101 Å². The molecule has 0 atom stereocenters. The van der Waals surface area contributed by atoms with Crippen molar-refractivity contribution in [2.75, 3.05) is 11.5 Å². The van der Waals surface area contributed by atoms with Gasteiger partial charge in [-0.05, 0) is 175 Å². The molecule has 0 radical (unpaired) electrons. The van der Waals surface area contributed by atoms with Crippen LogP contribution in [0.4, 0.5) is 11.6 Å². The minimum atomic E-state index is -0.0839. The van der Waals surface area contributed by atoms with E-state index in [0.29, 0.717) is 63.9 Å². The third kappa shape index (κ3) is 13.3. The number of nitrogens with zero attached hydrogens (tertiary/aromatic N) is 3. The minimum Gasteiger partial charge on any atom is -0.508 e. The van der Waals surface area contributed by atoms with Crippen molar-refractivity contribution in [3.63, 3.8) is 0 Å². The Morgan fingerprint density at radius 1 is 0.396 bits per heavy atom. The van der Waals surface area contributed by atoms with Crippen LogP contribution in [-0.2, 0) is 0 Å². The number of benzene rings is 9. The fourth-order valence-corrected chi connectivity index (χ4v) is 16.9. The van der Waals surface area contributed by atoms with Crippen LogP contribution in [0.5, 0.6) is 23.1 Å². The number of carbonyl (C=O) groups is 3. The maximum absolute atomic E-state index is 13.6. The Hall–Kier alpha value is -9.99. The zero-order valence-electron chi connectivity index (χ0n) is 50.6. The van der Waals surface area contributed by atoms with E-state index in [4.69, 9.17) is 50.7 Å². The van der Waals surface area contributed by atoms with Crippen LogP contribution in [0.3, 0.4) is 0 Å². The van der Waals surface area contributed by atoms with Gasteiger partial charge in [0.15, 0.2) is 5.82 Å². The Balaban J connectivity index is 0.000000130. The van der Waals surface area contributed by atoms with Gasteiger partial charge in [0.05, 0.1) is 20.0 Å². The van der Waals surface area contributed by atoms with Crippen LogP contribution in [0.2, 0.25) is 15.1 Å². The number of rotatable bonds is 12. The first kappa shape index (κ1) is 64.7. The van der Waals surface area contributed by atoms with E-state index in [-0.39, 0.29) is 40.5 Å². The lowest BCUT2D eigenvalue weighted by Crippen LogP contribution is -2.03. The normalized spacial score (nSPS) is 11.2. The van der Waals surface area contributed by atoms with Gasteiger partial charge in [0.2, 0.25) is 29.1 Å². The van der Waals surface area contributed by atoms with E-state index in [1.165, 1.54) is 62.9 Å². The highest BCUT2D eigenvalue weighted by molar-refractivity contribution is 7.22. The molecule has 0 unspecified atom stereocenters. The number of oxazole rings is 1. The van der Waals surface area contributed by atoms with E-state index in [0.717, 1.165) is 107 Å². The predicted molar refractivity (Wildman–Crippen MR) is 394 cm³/mol. The van der Waals surface area contributed by atoms with Crippen molar-refractivity contribution in [2.24, 2.45) is 0 Å². The van der Waals surface area contributed by atoms with Gasteiger partial charge >= 0.3 is 0 Å². The number of thiazole rings is 2. The smallest absolute Gasteiger partial charge is 0.227 e. The molecule has 13 nitrogen and oxygen atoms in total. The number of carbonyl (C=O) groups excluding carboxylic acids is 3. The molecular formula is C75H50Cl3N5O8S5. The number of aryl methyl sites for hydroxylation is 3. The summed E-state index contributed by atoms with van der Waals surface area (Å²) in [5, 5.41) is 49.0. The zero-order chi connectivity index (χ0) is 67.2. The number of phenolic OH excluding ortho intramolecular Hbond substituents is 3. The van der Waals surface area contributed by atoms with E-state index in [9.17, 15) is 34.8 Å². The molecule has 0 saturated carbocycles. The molecule has 9 aromatic carbocycles. The number of aromatic nitrogens is 3. The van der Waals surface area contributed by atoms with Crippen LogP contribution in [0.15, 0.2) is 203 Å². The standard InChI is InChI=1S/C25H17ClN2O3S.C25H17ClN2O2S2.C25H16ClNO3S2/c2*1-13-10-16(26)6-8-18(13)23(30)24-22(19-9-7-17(29)11-20(19)32-24)14-2-4-15(5-3-14)25-28-21(27)12-31-25;1-13-10-16(26)6-8-18(13)23(30)24-22(19-9-7-17(28)11-20(19)32-24)14-2-4-15(5-3-14)25-27-21(29)12-31-25/h2*2-12,29H,27H2,1H3;2-12,28-29H,1H3. The maximum Gasteiger partial charge on any atom is 0.227 e. The fraction of sp³-hybridized carbons (Fsp3) is 0.0400. The largest absolute Gasteiger partial charge is 0.508 e. The molecular weight excluding hydrogens is 1370 g/mol. The molecule has 0 fully saturated rings. The van der Waals surface area contributed by atoms with Crippen LogP contribution < -0.4 is 11.5 Å². The van der Waals surface area contributed by atoms with Crippen LogP contribution in [0.25, 0.3) is 96.2 Å².